The van der Waals surface area contributed by atoms with Crippen molar-refractivity contribution in [1.29, 1.82) is 0 Å². The number of carboxylic acids is 1. The Kier molecular flexibility index (Phi) is 7.17. The van der Waals surface area contributed by atoms with Crippen molar-refractivity contribution in [2.24, 2.45) is 0 Å². The molecule has 0 aliphatic carbocycles. The van der Waals surface area contributed by atoms with Crippen LogP contribution in [0.1, 0.15) is 29.6 Å². The van der Waals surface area contributed by atoms with E-state index >= 15 is 0 Å². The molecule has 21 heavy (non-hydrogen) atoms. The smallest absolute Gasteiger partial charge is 0.338 e. The zero-order chi connectivity index (χ0) is 15.7. The highest BCUT2D eigenvalue weighted by Gasteiger charge is 2.11. The Balaban J connectivity index is 2.38. The van der Waals surface area contributed by atoms with Gasteiger partial charge in [0, 0.05) is 25.9 Å². The summed E-state index contributed by atoms with van der Waals surface area (Å²) in [6, 6.07) is 2.93. The molecule has 0 radical (unpaired) electrons. The third-order valence-corrected chi connectivity index (χ3v) is 2.77. The van der Waals surface area contributed by atoms with Crippen molar-refractivity contribution < 1.29 is 23.8 Å². The molecule has 116 valence electrons. The first kappa shape index (κ1) is 16.9. The van der Waals surface area contributed by atoms with E-state index in [-0.39, 0.29) is 5.69 Å². The maximum Gasteiger partial charge on any atom is 0.338 e. The molecule has 0 aromatic heterocycles. The zero-order valence-corrected chi connectivity index (χ0v) is 11.8. The second-order valence-corrected chi connectivity index (χ2v) is 4.43. The van der Waals surface area contributed by atoms with Crippen LogP contribution < -0.4 is 10.6 Å². The van der Waals surface area contributed by atoms with Crippen molar-refractivity contribution >= 4 is 17.7 Å². The molecule has 0 atom stereocenters. The summed E-state index contributed by atoms with van der Waals surface area (Å²) in [5.41, 5.74) is -0.252. The first-order valence-corrected chi connectivity index (χ1v) is 6.61. The maximum absolute atomic E-state index is 13.2. The van der Waals surface area contributed by atoms with Crippen molar-refractivity contribution in [2.75, 3.05) is 25.6 Å². The molecule has 0 heterocycles. The van der Waals surface area contributed by atoms with Crippen LogP contribution in [0.15, 0.2) is 18.2 Å². The number of hydrogen-bond acceptors (Lipinski definition) is 3. The molecule has 0 fully saturated rings. The number of urea groups is 1. The minimum absolute atomic E-state index is 0.227. The van der Waals surface area contributed by atoms with E-state index in [1.54, 1.807) is 7.11 Å². The minimum Gasteiger partial charge on any atom is -0.478 e. The SMILES string of the molecule is COCCCCCNC(=O)Nc1ccc(F)c(C(=O)O)c1. The van der Waals surface area contributed by atoms with Gasteiger partial charge < -0.3 is 20.5 Å². The van der Waals surface area contributed by atoms with E-state index < -0.39 is 23.4 Å². The van der Waals surface area contributed by atoms with Crippen molar-refractivity contribution in [1.82, 2.24) is 5.32 Å². The van der Waals surface area contributed by atoms with Gasteiger partial charge in [0.2, 0.25) is 0 Å². The molecule has 1 aromatic carbocycles. The van der Waals surface area contributed by atoms with Gasteiger partial charge in [-0.05, 0) is 37.5 Å². The number of carbonyl (C=O) groups is 2. The molecule has 1 aromatic rings. The third-order valence-electron chi connectivity index (χ3n) is 2.77. The lowest BCUT2D eigenvalue weighted by Crippen LogP contribution is -2.29. The highest BCUT2D eigenvalue weighted by atomic mass is 19.1. The first-order chi connectivity index (χ1) is 10.0. The molecule has 0 unspecified atom stereocenters. The molecule has 0 aliphatic heterocycles. The van der Waals surface area contributed by atoms with E-state index in [9.17, 15) is 14.0 Å². The van der Waals surface area contributed by atoms with E-state index in [1.807, 2.05) is 0 Å². The zero-order valence-electron chi connectivity index (χ0n) is 11.8. The molecule has 0 aliphatic rings. The highest BCUT2D eigenvalue weighted by molar-refractivity contribution is 5.93. The number of carboxylic acid groups (broad SMARTS) is 1. The Labute approximate surface area is 122 Å². The van der Waals surface area contributed by atoms with Crippen LogP contribution in [0, 0.1) is 5.82 Å². The Morgan fingerprint density at radius 2 is 2.05 bits per heavy atom. The van der Waals surface area contributed by atoms with Gasteiger partial charge in [0.25, 0.3) is 0 Å². The van der Waals surface area contributed by atoms with Crippen LogP contribution in [-0.2, 0) is 4.74 Å². The highest BCUT2D eigenvalue weighted by Crippen LogP contribution is 2.14. The molecule has 0 spiro atoms. The Hall–Kier alpha value is -2.15. The van der Waals surface area contributed by atoms with Crippen molar-refractivity contribution in [2.45, 2.75) is 19.3 Å². The number of rotatable bonds is 8. The monoisotopic (exact) mass is 298 g/mol. The number of methoxy groups -OCH3 is 1. The summed E-state index contributed by atoms with van der Waals surface area (Å²) in [5.74, 6) is -2.22. The number of benzene rings is 1. The number of carbonyl (C=O) groups excluding carboxylic acids is 1. The van der Waals surface area contributed by atoms with Gasteiger partial charge in [-0.25, -0.2) is 14.0 Å². The van der Waals surface area contributed by atoms with Gasteiger partial charge in [-0.15, -0.1) is 0 Å². The minimum atomic E-state index is -1.38. The molecule has 6 nitrogen and oxygen atoms in total. The molecule has 1 rings (SSSR count). The average Bonchev–Trinajstić information content (AvgIpc) is 2.44. The standard InChI is InChI=1S/C14H19FN2O4/c1-21-8-4-2-3-7-16-14(20)17-10-5-6-12(15)11(9-10)13(18)19/h5-6,9H,2-4,7-8H2,1H3,(H,18,19)(H2,16,17,20). The van der Waals surface area contributed by atoms with Crippen LogP contribution in [0.4, 0.5) is 14.9 Å². The second kappa shape index (κ2) is 8.91. The molecular formula is C14H19FN2O4. The topological polar surface area (TPSA) is 87.7 Å². The second-order valence-electron chi connectivity index (χ2n) is 4.43. The lowest BCUT2D eigenvalue weighted by molar-refractivity contribution is 0.0692. The summed E-state index contributed by atoms with van der Waals surface area (Å²) < 4.78 is 18.1. The summed E-state index contributed by atoms with van der Waals surface area (Å²) in [6.07, 6.45) is 2.69. The Bertz CT molecular complexity index is 494. The molecule has 3 N–H and O–H groups in total. The molecule has 0 saturated heterocycles. The Morgan fingerprint density at radius 1 is 1.29 bits per heavy atom. The van der Waals surface area contributed by atoms with Gasteiger partial charge in [0.05, 0.1) is 5.56 Å². The number of unbranched alkanes of at least 4 members (excludes halogenated alkanes) is 2. The number of anilines is 1. The summed E-state index contributed by atoms with van der Waals surface area (Å²) in [6.45, 7) is 1.20. The lowest BCUT2D eigenvalue weighted by atomic mass is 10.2. The number of ether oxygens (including phenoxy) is 1. The van der Waals surface area contributed by atoms with Crippen molar-refractivity contribution in [3.05, 3.63) is 29.6 Å². The van der Waals surface area contributed by atoms with Gasteiger partial charge in [-0.1, -0.05) is 0 Å². The van der Waals surface area contributed by atoms with Gasteiger partial charge in [-0.2, -0.15) is 0 Å². The average molecular weight is 298 g/mol. The Morgan fingerprint density at radius 3 is 2.71 bits per heavy atom. The summed E-state index contributed by atoms with van der Waals surface area (Å²) >= 11 is 0. The van der Waals surface area contributed by atoms with E-state index in [2.05, 4.69) is 10.6 Å². The third kappa shape index (κ3) is 6.22. The van der Waals surface area contributed by atoms with E-state index in [1.165, 1.54) is 6.07 Å². The van der Waals surface area contributed by atoms with Crippen LogP contribution in [0.3, 0.4) is 0 Å². The molecule has 2 amide bonds. The molecular weight excluding hydrogens is 279 g/mol. The van der Waals surface area contributed by atoms with E-state index in [4.69, 9.17) is 9.84 Å². The van der Waals surface area contributed by atoms with Crippen LogP contribution >= 0.6 is 0 Å². The summed E-state index contributed by atoms with van der Waals surface area (Å²) in [5, 5.41) is 13.9. The van der Waals surface area contributed by atoms with E-state index in [0.29, 0.717) is 13.2 Å². The largest absolute Gasteiger partial charge is 0.478 e. The van der Waals surface area contributed by atoms with Crippen LogP contribution in [0.5, 0.6) is 0 Å². The summed E-state index contributed by atoms with van der Waals surface area (Å²) in [4.78, 5) is 22.4. The fourth-order valence-electron chi connectivity index (χ4n) is 1.69. The molecule has 0 saturated carbocycles. The number of amides is 2. The lowest BCUT2D eigenvalue weighted by Gasteiger charge is -2.08. The van der Waals surface area contributed by atoms with Gasteiger partial charge in [0.1, 0.15) is 5.82 Å². The van der Waals surface area contributed by atoms with Gasteiger partial charge >= 0.3 is 12.0 Å². The first-order valence-electron chi connectivity index (χ1n) is 6.61. The number of hydrogen-bond donors (Lipinski definition) is 3. The van der Waals surface area contributed by atoms with Crippen molar-refractivity contribution in [3.63, 3.8) is 0 Å². The van der Waals surface area contributed by atoms with Crippen molar-refractivity contribution in [3.8, 4) is 0 Å². The number of nitrogens with one attached hydrogen (secondary N) is 2. The summed E-state index contributed by atoms with van der Waals surface area (Å²) in [7, 11) is 1.64. The quantitative estimate of drug-likeness (QED) is 0.643. The van der Waals surface area contributed by atoms with Crippen LogP contribution in [0.25, 0.3) is 0 Å². The van der Waals surface area contributed by atoms with Gasteiger partial charge in [-0.3, -0.25) is 0 Å². The fourth-order valence-corrected chi connectivity index (χ4v) is 1.69. The number of halogens is 1. The van der Waals surface area contributed by atoms with Crippen LogP contribution in [-0.4, -0.2) is 37.4 Å². The predicted molar refractivity (Wildman–Crippen MR) is 76.1 cm³/mol. The fraction of sp³-hybridized carbons (Fsp3) is 0.429. The number of aromatic carboxylic acids is 1. The van der Waals surface area contributed by atoms with Gasteiger partial charge in [0.15, 0.2) is 0 Å². The normalized spacial score (nSPS) is 10.2. The molecule has 7 heteroatoms. The maximum atomic E-state index is 13.2. The van der Waals surface area contributed by atoms with E-state index in [0.717, 1.165) is 31.4 Å². The van der Waals surface area contributed by atoms with Crippen LogP contribution in [0.2, 0.25) is 0 Å². The molecule has 0 bridgehead atoms. The predicted octanol–water partition coefficient (Wildman–Crippen LogP) is 2.46.